The highest BCUT2D eigenvalue weighted by atomic mass is 16.5. The van der Waals surface area contributed by atoms with E-state index in [1.165, 1.54) is 24.0 Å². The third-order valence-corrected chi connectivity index (χ3v) is 13.8. The van der Waals surface area contributed by atoms with Gasteiger partial charge in [-0.3, -0.25) is 29.0 Å². The van der Waals surface area contributed by atoms with Crippen molar-refractivity contribution in [3.8, 4) is 40.2 Å². The van der Waals surface area contributed by atoms with Crippen LogP contribution in [0.5, 0.6) is 40.2 Å². The molecule has 5 aromatic carbocycles. The van der Waals surface area contributed by atoms with Crippen molar-refractivity contribution in [2.75, 3.05) is 52.5 Å². The first kappa shape index (κ1) is 46.1. The van der Waals surface area contributed by atoms with Gasteiger partial charge < -0.3 is 33.5 Å². The summed E-state index contributed by atoms with van der Waals surface area (Å²) in [6, 6.07) is 28.8. The van der Waals surface area contributed by atoms with Crippen molar-refractivity contribution in [2.24, 2.45) is 35.5 Å². The number of anilines is 2. The summed E-state index contributed by atoms with van der Waals surface area (Å²) in [5, 5.41) is 10.6. The van der Waals surface area contributed by atoms with Gasteiger partial charge in [0.25, 0.3) is 0 Å². The van der Waals surface area contributed by atoms with Crippen molar-refractivity contribution >= 4 is 65.4 Å². The third-order valence-electron chi connectivity index (χ3n) is 13.8. The Bertz CT molecular complexity index is 2930. The lowest BCUT2D eigenvalue weighted by Gasteiger charge is -2.42. The van der Waals surface area contributed by atoms with Gasteiger partial charge in [0.1, 0.15) is 23.0 Å². The van der Waals surface area contributed by atoms with E-state index < -0.39 is 35.5 Å². The number of carbonyl (C=O) groups excluding carboxylic acids is 4. The first-order valence-electron chi connectivity index (χ1n) is 22.6. The molecular formula is C56H52N2O11. The number of methoxy groups -OCH3 is 6. The quantitative estimate of drug-likeness (QED) is 0.0645. The molecule has 0 spiro atoms. The van der Waals surface area contributed by atoms with Crippen LogP contribution >= 0.6 is 0 Å². The number of allylic oxidation sites excluding steroid dienone is 3. The van der Waals surface area contributed by atoms with Crippen LogP contribution in [-0.4, -0.2) is 71.4 Å². The molecule has 0 unspecified atom stereocenters. The molecule has 1 saturated carbocycles. The fourth-order valence-electron chi connectivity index (χ4n) is 10.4. The molecule has 13 heteroatoms. The molecule has 4 amide bonds. The Kier molecular flexibility index (Phi) is 12.9. The van der Waals surface area contributed by atoms with Crippen LogP contribution in [0.15, 0.2) is 115 Å². The molecule has 2 saturated heterocycles. The minimum Gasteiger partial charge on any atom is -0.502 e. The van der Waals surface area contributed by atoms with E-state index in [9.17, 15) is 24.3 Å². The summed E-state index contributed by atoms with van der Waals surface area (Å²) in [6.45, 7) is 0. The largest absolute Gasteiger partial charge is 0.502 e. The van der Waals surface area contributed by atoms with Crippen molar-refractivity contribution in [3.05, 3.63) is 143 Å². The summed E-state index contributed by atoms with van der Waals surface area (Å²) < 4.78 is 32.7. The van der Waals surface area contributed by atoms with Crippen molar-refractivity contribution in [1.29, 1.82) is 0 Å². The smallest absolute Gasteiger partial charge is 0.238 e. The van der Waals surface area contributed by atoms with Crippen molar-refractivity contribution in [2.45, 2.75) is 12.8 Å². The van der Waals surface area contributed by atoms with E-state index in [0.29, 0.717) is 46.4 Å². The maximum Gasteiger partial charge on any atom is 0.238 e. The topological polar surface area (TPSA) is 150 Å². The van der Waals surface area contributed by atoms with Gasteiger partial charge in [0.05, 0.1) is 77.7 Å². The summed E-state index contributed by atoms with van der Waals surface area (Å²) in [5.74, 6) is -2.39. The van der Waals surface area contributed by atoms with E-state index >= 15 is 0 Å². The first-order valence-corrected chi connectivity index (χ1v) is 22.6. The Morgan fingerprint density at radius 3 is 1.43 bits per heavy atom. The number of phenols is 1. The van der Waals surface area contributed by atoms with Gasteiger partial charge in [-0.25, -0.2) is 0 Å². The second-order valence-corrected chi connectivity index (χ2v) is 17.3. The highest BCUT2D eigenvalue weighted by molar-refractivity contribution is 6.24. The van der Waals surface area contributed by atoms with Crippen LogP contribution in [0.25, 0.3) is 30.4 Å². The SMILES string of the molecule is COc1ccc(OC)c(C=Cc2ccc(N3C(=O)[C@H]4[C@H](CC=C5[C@H]4C[C@H]4C(=O)N(c6ccc(C=Cc7cc(OC)ccc7OC)cc6)C(=O)[C@H]4[C@H]5C=Cc4cc(OC)c(O)c(OC)c4)C3=O)cc2)c1. The number of hydrogen-bond donors (Lipinski definition) is 1. The van der Waals surface area contributed by atoms with Gasteiger partial charge in [0.15, 0.2) is 11.5 Å². The predicted molar refractivity (Wildman–Crippen MR) is 263 cm³/mol. The van der Waals surface area contributed by atoms with Gasteiger partial charge in [0, 0.05) is 17.0 Å². The summed E-state index contributed by atoms with van der Waals surface area (Å²) in [4.78, 5) is 61.1. The highest BCUT2D eigenvalue weighted by Crippen LogP contribution is 2.56. The van der Waals surface area contributed by atoms with Crippen LogP contribution in [0.4, 0.5) is 11.4 Å². The van der Waals surface area contributed by atoms with E-state index in [2.05, 4.69) is 0 Å². The number of fused-ring (bicyclic) bond motifs is 4. The number of rotatable bonds is 14. The molecule has 4 aliphatic rings. The zero-order valence-electron chi connectivity index (χ0n) is 39.1. The Morgan fingerprint density at radius 1 is 0.478 bits per heavy atom. The molecule has 2 aliphatic heterocycles. The number of aromatic hydroxyl groups is 1. The first-order chi connectivity index (χ1) is 33.5. The van der Waals surface area contributed by atoms with Crippen LogP contribution < -0.4 is 38.2 Å². The normalized spacial score (nSPS) is 22.0. The van der Waals surface area contributed by atoms with Gasteiger partial charge in [0.2, 0.25) is 29.4 Å². The van der Waals surface area contributed by atoms with Gasteiger partial charge in [-0.15, -0.1) is 0 Å². The lowest BCUT2D eigenvalue weighted by Crippen LogP contribution is -2.43. The number of phenolic OH excluding ortho intramolecular Hbond substituents is 1. The monoisotopic (exact) mass is 928 g/mol. The van der Waals surface area contributed by atoms with Crippen LogP contribution in [-0.2, 0) is 19.2 Å². The van der Waals surface area contributed by atoms with Crippen molar-refractivity contribution in [3.63, 3.8) is 0 Å². The lowest BCUT2D eigenvalue weighted by molar-refractivity contribution is -0.126. The Hall–Kier alpha value is -8.06. The third kappa shape index (κ3) is 8.49. The molecule has 9 rings (SSSR count). The number of ether oxygens (including phenoxy) is 6. The number of amides is 4. The summed E-state index contributed by atoms with van der Waals surface area (Å²) in [6.07, 6.45) is 13.9. The van der Waals surface area contributed by atoms with Gasteiger partial charge >= 0.3 is 0 Å². The number of imide groups is 2. The van der Waals surface area contributed by atoms with Crippen molar-refractivity contribution in [1.82, 2.24) is 0 Å². The molecule has 0 aromatic heterocycles. The second-order valence-electron chi connectivity index (χ2n) is 17.3. The number of nitrogens with zero attached hydrogens (tertiary/aromatic N) is 2. The van der Waals surface area contributed by atoms with Gasteiger partial charge in [-0.2, -0.15) is 0 Å². The van der Waals surface area contributed by atoms with E-state index in [4.69, 9.17) is 28.4 Å². The van der Waals surface area contributed by atoms with E-state index in [1.54, 1.807) is 64.8 Å². The molecule has 2 heterocycles. The second kappa shape index (κ2) is 19.3. The Labute approximate surface area is 400 Å². The molecule has 0 bridgehead atoms. The molecule has 0 radical (unpaired) electrons. The Morgan fingerprint density at radius 2 is 0.957 bits per heavy atom. The molecule has 2 aliphatic carbocycles. The Balaban J connectivity index is 1.02. The molecule has 5 aromatic rings. The standard InChI is InChI=1S/C56H52N2O11/c1-64-39-20-25-46(66-3)35(29-39)14-7-32-9-16-37(17-10-32)57-53(60)43-24-23-41-42(22-13-34-27-48(68-5)52(59)49(28-34)69-6)50-45(31-44(41)51(43)56(57)63)54(61)58(55(50)62)38-18-11-33(12-19-38)8-15-36-30-40(65-2)21-26-47(36)67-4/h7-23,25-30,42-45,50-51,59H,24,31H2,1-6H3/t42-,43-,44+,45+,50-,51-/m0/s1. The molecule has 1 N–H and O–H groups in total. The number of benzene rings is 5. The summed E-state index contributed by atoms with van der Waals surface area (Å²) >= 11 is 0. The van der Waals surface area contributed by atoms with E-state index in [1.807, 2.05) is 103 Å². The predicted octanol–water partition coefficient (Wildman–Crippen LogP) is 9.38. The van der Waals surface area contributed by atoms with Crippen LogP contribution in [0.1, 0.15) is 40.7 Å². The summed E-state index contributed by atoms with van der Waals surface area (Å²) in [5.41, 5.74) is 5.67. The zero-order valence-corrected chi connectivity index (χ0v) is 39.1. The van der Waals surface area contributed by atoms with Gasteiger partial charge in [-0.05, 0) is 108 Å². The average molecular weight is 929 g/mol. The van der Waals surface area contributed by atoms with Crippen LogP contribution in [0.2, 0.25) is 0 Å². The minimum absolute atomic E-state index is 0.154. The highest BCUT2D eigenvalue weighted by Gasteiger charge is 2.61. The average Bonchev–Trinajstić information content (AvgIpc) is 3.79. The molecule has 352 valence electrons. The van der Waals surface area contributed by atoms with E-state index in [0.717, 1.165) is 27.8 Å². The molecular weight excluding hydrogens is 877 g/mol. The minimum atomic E-state index is -0.783. The molecule has 6 atom stereocenters. The number of carbonyl (C=O) groups is 4. The van der Waals surface area contributed by atoms with E-state index in [-0.39, 0.29) is 47.3 Å². The van der Waals surface area contributed by atoms with Crippen molar-refractivity contribution < 1.29 is 52.7 Å². The lowest BCUT2D eigenvalue weighted by atomic mass is 9.58. The fourth-order valence-corrected chi connectivity index (χ4v) is 10.4. The molecule has 13 nitrogen and oxygen atoms in total. The fraction of sp³-hybridized carbons (Fsp3) is 0.250. The summed E-state index contributed by atoms with van der Waals surface area (Å²) in [7, 11) is 9.29. The zero-order chi connectivity index (χ0) is 48.5. The van der Waals surface area contributed by atoms with Crippen LogP contribution in [0.3, 0.4) is 0 Å². The number of hydrogen-bond acceptors (Lipinski definition) is 11. The maximum atomic E-state index is 14.8. The van der Waals surface area contributed by atoms with Gasteiger partial charge in [-0.1, -0.05) is 72.4 Å². The molecule has 3 fully saturated rings. The maximum absolute atomic E-state index is 14.8. The molecule has 69 heavy (non-hydrogen) atoms. The van der Waals surface area contributed by atoms with Crippen LogP contribution in [0, 0.1) is 35.5 Å².